The van der Waals surface area contributed by atoms with E-state index in [0.29, 0.717) is 25.9 Å². The van der Waals surface area contributed by atoms with Crippen LogP contribution in [0.2, 0.25) is 0 Å². The van der Waals surface area contributed by atoms with Gasteiger partial charge in [0.25, 0.3) is 5.91 Å². The van der Waals surface area contributed by atoms with Gasteiger partial charge in [-0.25, -0.2) is 4.79 Å². The lowest BCUT2D eigenvalue weighted by atomic mass is 9.81. The minimum absolute atomic E-state index is 0.158. The summed E-state index contributed by atoms with van der Waals surface area (Å²) in [4.78, 5) is 33.7. The monoisotopic (exact) mass is 418 g/mol. The molecule has 3 heterocycles. The summed E-state index contributed by atoms with van der Waals surface area (Å²) >= 11 is 0. The number of ether oxygens (including phenoxy) is 1. The van der Waals surface area contributed by atoms with Crippen molar-refractivity contribution in [3.05, 3.63) is 65.4 Å². The number of aromatic nitrogens is 1. The first kappa shape index (κ1) is 19.6. The summed E-state index contributed by atoms with van der Waals surface area (Å²) in [5, 5.41) is 1.02. The molecule has 0 aliphatic carbocycles. The first-order valence-electron chi connectivity index (χ1n) is 10.6. The van der Waals surface area contributed by atoms with Crippen LogP contribution in [0.25, 0.3) is 10.9 Å². The number of H-pyrrole nitrogens is 1. The van der Waals surface area contributed by atoms with Crippen molar-refractivity contribution in [3.63, 3.8) is 0 Å². The zero-order valence-electron chi connectivity index (χ0n) is 17.7. The Bertz CT molecular complexity index is 1170. The molecule has 7 nitrogen and oxygen atoms in total. The number of nitrogens with two attached hydrogens (primary N) is 1. The van der Waals surface area contributed by atoms with Gasteiger partial charge in [0.1, 0.15) is 17.3 Å². The summed E-state index contributed by atoms with van der Waals surface area (Å²) < 4.78 is 5.44. The maximum Gasteiger partial charge on any atom is 0.328 e. The lowest BCUT2D eigenvalue weighted by molar-refractivity contribution is -0.133. The minimum atomic E-state index is -0.961. The third-order valence-corrected chi connectivity index (χ3v) is 6.57. The molecule has 3 aromatic rings. The molecule has 0 bridgehead atoms. The lowest BCUT2D eigenvalue weighted by Gasteiger charge is -2.42. The highest BCUT2D eigenvalue weighted by atomic mass is 16.5. The number of carbonyl (C=O) groups is 2. The number of hydrogen-bond acceptors (Lipinski definition) is 4. The van der Waals surface area contributed by atoms with Gasteiger partial charge in [0.05, 0.1) is 7.11 Å². The molecule has 2 aliphatic heterocycles. The van der Waals surface area contributed by atoms with E-state index in [0.717, 1.165) is 33.5 Å². The van der Waals surface area contributed by atoms with Crippen molar-refractivity contribution in [1.29, 1.82) is 0 Å². The van der Waals surface area contributed by atoms with E-state index >= 15 is 0 Å². The molecule has 0 saturated carbocycles. The number of nitrogens with zero attached hydrogens (tertiary/aromatic N) is 2. The summed E-state index contributed by atoms with van der Waals surface area (Å²) in [5.41, 5.74) is 8.64. The molecule has 1 aromatic heterocycles. The Morgan fingerprint density at radius 2 is 1.97 bits per heavy atom. The first-order chi connectivity index (χ1) is 15.0. The molecule has 2 atom stereocenters. The van der Waals surface area contributed by atoms with E-state index in [1.165, 1.54) is 4.90 Å². The number of hydrogen-bond donors (Lipinski definition) is 2. The molecule has 3 N–H and O–H groups in total. The van der Waals surface area contributed by atoms with Crippen LogP contribution >= 0.6 is 0 Å². The van der Waals surface area contributed by atoms with Crippen LogP contribution in [0.5, 0.6) is 5.75 Å². The summed E-state index contributed by atoms with van der Waals surface area (Å²) in [5.74, 6) is 0.603. The van der Waals surface area contributed by atoms with Gasteiger partial charge in [-0.1, -0.05) is 30.3 Å². The third-order valence-electron chi connectivity index (χ3n) is 6.57. The fraction of sp³-hybridized carbons (Fsp3) is 0.333. The van der Waals surface area contributed by atoms with Crippen molar-refractivity contribution < 1.29 is 14.3 Å². The molecule has 2 aliphatic rings. The van der Waals surface area contributed by atoms with Crippen LogP contribution in [0.4, 0.5) is 4.79 Å². The van der Waals surface area contributed by atoms with Crippen LogP contribution in [0.15, 0.2) is 48.5 Å². The predicted octanol–water partition coefficient (Wildman–Crippen LogP) is 3.19. The summed E-state index contributed by atoms with van der Waals surface area (Å²) in [6.07, 6.45) is 1.03. The van der Waals surface area contributed by atoms with Crippen LogP contribution in [0.1, 0.15) is 36.2 Å². The Morgan fingerprint density at radius 1 is 1.19 bits per heavy atom. The van der Waals surface area contributed by atoms with Gasteiger partial charge in [-0.15, -0.1) is 0 Å². The quantitative estimate of drug-likeness (QED) is 0.623. The van der Waals surface area contributed by atoms with Gasteiger partial charge in [0.2, 0.25) is 0 Å². The second-order valence-corrected chi connectivity index (χ2v) is 8.44. The van der Waals surface area contributed by atoms with Crippen LogP contribution in [0, 0.1) is 0 Å². The van der Waals surface area contributed by atoms with Crippen LogP contribution < -0.4 is 10.5 Å². The normalized spacial score (nSPS) is 22.7. The van der Waals surface area contributed by atoms with Gasteiger partial charge in [-0.05, 0) is 49.2 Å². The van der Waals surface area contributed by atoms with E-state index in [9.17, 15) is 9.59 Å². The van der Waals surface area contributed by atoms with Gasteiger partial charge in [0, 0.05) is 29.6 Å². The van der Waals surface area contributed by atoms with Crippen molar-refractivity contribution >= 4 is 22.8 Å². The number of fused-ring (bicyclic) bond motifs is 4. The topological polar surface area (TPSA) is 91.7 Å². The van der Waals surface area contributed by atoms with Gasteiger partial charge in [0.15, 0.2) is 0 Å². The van der Waals surface area contributed by atoms with Gasteiger partial charge < -0.3 is 15.5 Å². The molecule has 0 spiro atoms. The second kappa shape index (κ2) is 7.13. The third kappa shape index (κ3) is 2.76. The largest absolute Gasteiger partial charge is 0.497 e. The molecular formula is C24H26N4O3. The highest BCUT2D eigenvalue weighted by Crippen LogP contribution is 2.48. The number of carbonyl (C=O) groups excluding carboxylic acids is 2. The summed E-state index contributed by atoms with van der Waals surface area (Å²) in [6.45, 7) is 2.65. The molecular weight excluding hydrogens is 392 g/mol. The number of benzene rings is 2. The van der Waals surface area contributed by atoms with E-state index in [1.54, 1.807) is 12.0 Å². The fourth-order valence-corrected chi connectivity index (χ4v) is 5.05. The lowest BCUT2D eigenvalue weighted by Crippen LogP contribution is -2.53. The Hall–Kier alpha value is -3.32. The number of nitrogens with one attached hydrogen (secondary N) is 1. The highest BCUT2D eigenvalue weighted by molar-refractivity contribution is 6.08. The van der Waals surface area contributed by atoms with Crippen LogP contribution in [-0.2, 0) is 11.2 Å². The molecule has 7 heteroatoms. The Balaban J connectivity index is 1.73. The summed E-state index contributed by atoms with van der Waals surface area (Å²) in [7, 11) is 1.64. The first-order valence-corrected chi connectivity index (χ1v) is 10.6. The molecule has 3 amide bonds. The van der Waals surface area contributed by atoms with Crippen molar-refractivity contribution in [1.82, 2.24) is 14.8 Å². The Labute approximate surface area is 180 Å². The molecule has 1 fully saturated rings. The number of methoxy groups -OCH3 is 1. The van der Waals surface area contributed by atoms with E-state index in [-0.39, 0.29) is 18.0 Å². The van der Waals surface area contributed by atoms with Crippen molar-refractivity contribution in [3.8, 4) is 5.75 Å². The van der Waals surface area contributed by atoms with Gasteiger partial charge >= 0.3 is 6.03 Å². The number of urea groups is 1. The average molecular weight is 418 g/mol. The van der Waals surface area contributed by atoms with E-state index in [1.807, 2.05) is 55.5 Å². The van der Waals surface area contributed by atoms with E-state index in [2.05, 4.69) is 4.98 Å². The van der Waals surface area contributed by atoms with Gasteiger partial charge in [-0.3, -0.25) is 14.6 Å². The van der Waals surface area contributed by atoms with Crippen molar-refractivity contribution in [2.45, 2.75) is 31.3 Å². The Morgan fingerprint density at radius 3 is 2.68 bits per heavy atom. The maximum absolute atomic E-state index is 13.5. The van der Waals surface area contributed by atoms with Crippen molar-refractivity contribution in [2.24, 2.45) is 5.73 Å². The van der Waals surface area contributed by atoms with E-state index in [4.69, 9.17) is 10.5 Å². The predicted molar refractivity (Wildman–Crippen MR) is 118 cm³/mol. The molecule has 0 radical (unpaired) electrons. The number of amides is 3. The maximum atomic E-state index is 13.5. The van der Waals surface area contributed by atoms with Crippen LogP contribution in [-0.4, -0.2) is 52.5 Å². The molecule has 1 saturated heterocycles. The smallest absolute Gasteiger partial charge is 0.328 e. The molecule has 5 rings (SSSR count). The molecule has 2 unspecified atom stereocenters. The summed E-state index contributed by atoms with van der Waals surface area (Å²) in [6, 6.07) is 15.1. The fourth-order valence-electron chi connectivity index (χ4n) is 5.05. The van der Waals surface area contributed by atoms with E-state index < -0.39 is 5.54 Å². The second-order valence-electron chi connectivity index (χ2n) is 8.44. The molecule has 31 heavy (non-hydrogen) atoms. The Kier molecular flexibility index (Phi) is 4.51. The number of aromatic amines is 1. The average Bonchev–Trinajstić information content (AvgIpc) is 3.23. The van der Waals surface area contributed by atoms with Crippen molar-refractivity contribution in [2.75, 3.05) is 20.2 Å². The minimum Gasteiger partial charge on any atom is -0.497 e. The van der Waals surface area contributed by atoms with Gasteiger partial charge in [-0.2, -0.15) is 0 Å². The standard InChI is InChI=1S/C24H26N4O3/c1-24-14-18-17-13-16(31-2)9-10-19(17)26-20(18)21(15-7-4-3-5-8-15)28(24)23(30)27(22(24)29)12-6-11-25/h3-5,7-10,13,21,26H,6,11-12,14,25H2,1-2H3. The SMILES string of the molecule is COc1ccc2[nH]c3c(c2c1)CC1(C)C(=O)N(CCCN)C(=O)N1C3c1ccccc1. The number of rotatable bonds is 5. The van der Waals surface area contributed by atoms with Crippen LogP contribution in [0.3, 0.4) is 0 Å². The number of imide groups is 1. The highest BCUT2D eigenvalue weighted by Gasteiger charge is 2.59. The zero-order valence-corrected chi connectivity index (χ0v) is 17.7. The molecule has 160 valence electrons. The molecule has 2 aromatic carbocycles. The zero-order chi connectivity index (χ0) is 21.8.